The molecule has 2 N–H and O–H groups in total. The van der Waals surface area contributed by atoms with E-state index >= 15 is 0 Å². The maximum atomic E-state index is 14.7. The molecule has 2 atom stereocenters. The number of rotatable bonds is 14. The summed E-state index contributed by atoms with van der Waals surface area (Å²) >= 11 is 5.33. The van der Waals surface area contributed by atoms with Crippen molar-refractivity contribution in [3.05, 3.63) is 58.7 Å². The van der Waals surface area contributed by atoms with Crippen molar-refractivity contribution in [2.45, 2.75) is 31.5 Å². The highest BCUT2D eigenvalue weighted by Gasteiger charge is 2.29. The SMILES string of the molecule is C#CCOC[C@@H](O)COc1c(F)cc(C(C)(C)c2cc(F)c(OC[C@H](O)COCCl)c(F)c2)cc1F. The number of alkyl halides is 1. The summed E-state index contributed by atoms with van der Waals surface area (Å²) in [6.45, 7) is 1.74. The molecule has 2 aromatic carbocycles. The molecule has 11 heteroatoms. The van der Waals surface area contributed by atoms with Crippen LogP contribution in [0.2, 0.25) is 0 Å². The summed E-state index contributed by atoms with van der Waals surface area (Å²) in [5.41, 5.74) is -1.09. The predicted molar refractivity (Wildman–Crippen MR) is 124 cm³/mol. The van der Waals surface area contributed by atoms with Gasteiger partial charge in [-0.25, -0.2) is 17.6 Å². The summed E-state index contributed by atoms with van der Waals surface area (Å²) in [6.07, 6.45) is 2.68. The highest BCUT2D eigenvalue weighted by Crippen LogP contribution is 2.37. The van der Waals surface area contributed by atoms with E-state index in [1.54, 1.807) is 0 Å². The van der Waals surface area contributed by atoms with Crippen LogP contribution in [-0.2, 0) is 14.9 Å². The van der Waals surface area contributed by atoms with Crippen molar-refractivity contribution in [1.29, 1.82) is 0 Å². The molecular weight excluding hydrogens is 508 g/mol. The second-order valence-electron chi connectivity index (χ2n) is 8.29. The van der Waals surface area contributed by atoms with Crippen LogP contribution < -0.4 is 9.47 Å². The molecule has 0 saturated heterocycles. The van der Waals surface area contributed by atoms with Crippen LogP contribution >= 0.6 is 11.6 Å². The fourth-order valence-electron chi connectivity index (χ4n) is 3.17. The van der Waals surface area contributed by atoms with E-state index in [9.17, 15) is 27.8 Å². The second-order valence-corrected chi connectivity index (χ2v) is 8.51. The summed E-state index contributed by atoms with van der Waals surface area (Å²) in [4.78, 5) is 0. The van der Waals surface area contributed by atoms with Crippen molar-refractivity contribution < 1.29 is 46.7 Å². The van der Waals surface area contributed by atoms with Gasteiger partial charge >= 0.3 is 0 Å². The number of aliphatic hydroxyl groups is 2. The summed E-state index contributed by atoms with van der Waals surface area (Å²) in [5.74, 6) is -3.49. The van der Waals surface area contributed by atoms with Crippen LogP contribution in [0.15, 0.2) is 24.3 Å². The standard InChI is InChI=1S/C25H27ClF4O6/c1-4-5-33-10-17(31)12-35-23-19(27)6-15(7-20(23)28)25(2,3)16-8-21(29)24(22(30)9-16)36-13-18(32)11-34-14-26/h1,6-9,17-18,31-32H,5,10-14H2,2-3H3/t17-,18-/m1/s1. The number of aliphatic hydroxyl groups excluding tert-OH is 2. The quantitative estimate of drug-likeness (QED) is 0.166. The molecule has 0 radical (unpaired) electrons. The molecule has 2 aromatic rings. The van der Waals surface area contributed by atoms with Crippen LogP contribution in [0.25, 0.3) is 0 Å². The van der Waals surface area contributed by atoms with Crippen molar-refractivity contribution >= 4 is 11.6 Å². The predicted octanol–water partition coefficient (Wildman–Crippen LogP) is 3.91. The Bertz CT molecular complexity index is 1010. The van der Waals surface area contributed by atoms with Gasteiger partial charge in [0.05, 0.1) is 13.2 Å². The highest BCUT2D eigenvalue weighted by atomic mass is 35.5. The Hall–Kier alpha value is -2.55. The molecule has 0 aliphatic rings. The van der Waals surface area contributed by atoms with Crippen molar-refractivity contribution in [1.82, 2.24) is 0 Å². The first-order valence-corrected chi connectivity index (χ1v) is 11.3. The molecule has 0 heterocycles. The number of ether oxygens (including phenoxy) is 4. The Balaban J connectivity index is 2.19. The van der Waals surface area contributed by atoms with Crippen molar-refractivity contribution in [2.24, 2.45) is 0 Å². The van der Waals surface area contributed by atoms with Gasteiger partial charge < -0.3 is 29.2 Å². The molecule has 198 valence electrons. The summed E-state index contributed by atoms with van der Waals surface area (Å²) in [7, 11) is 0. The number of hydrogen-bond donors (Lipinski definition) is 2. The van der Waals surface area contributed by atoms with Gasteiger partial charge in [0.1, 0.15) is 38.1 Å². The molecule has 0 aromatic heterocycles. The minimum absolute atomic E-state index is 0.0384. The molecule has 0 aliphatic carbocycles. The second kappa shape index (κ2) is 13.7. The van der Waals surface area contributed by atoms with Gasteiger partial charge in [0.25, 0.3) is 0 Å². The Morgan fingerprint density at radius 3 is 1.56 bits per heavy atom. The lowest BCUT2D eigenvalue weighted by atomic mass is 9.78. The normalized spacial score (nSPS) is 13.2. The Kier molecular flexibility index (Phi) is 11.3. The number of halogens is 5. The first-order chi connectivity index (χ1) is 17.0. The lowest BCUT2D eigenvalue weighted by Gasteiger charge is -2.27. The van der Waals surface area contributed by atoms with E-state index in [0.717, 1.165) is 24.3 Å². The fourth-order valence-corrected chi connectivity index (χ4v) is 3.26. The van der Waals surface area contributed by atoms with Gasteiger partial charge in [0.2, 0.25) is 0 Å². The molecule has 0 aliphatic heterocycles. The monoisotopic (exact) mass is 534 g/mol. The molecule has 6 nitrogen and oxygen atoms in total. The van der Waals surface area contributed by atoms with E-state index in [4.69, 9.17) is 37.0 Å². The summed E-state index contributed by atoms with van der Waals surface area (Å²) in [6, 6.07) is 3.75. The van der Waals surface area contributed by atoms with E-state index in [1.165, 1.54) is 13.8 Å². The van der Waals surface area contributed by atoms with E-state index in [1.807, 2.05) is 0 Å². The van der Waals surface area contributed by atoms with Crippen LogP contribution in [0.3, 0.4) is 0 Å². The number of hydrogen-bond acceptors (Lipinski definition) is 6. The van der Waals surface area contributed by atoms with Gasteiger partial charge in [-0.05, 0) is 35.4 Å². The zero-order valence-electron chi connectivity index (χ0n) is 19.7. The lowest BCUT2D eigenvalue weighted by Crippen LogP contribution is -2.25. The van der Waals surface area contributed by atoms with E-state index in [2.05, 4.69) is 5.92 Å². The van der Waals surface area contributed by atoms with Crippen LogP contribution in [0.5, 0.6) is 11.5 Å². The first kappa shape index (κ1) is 29.7. The number of terminal acetylenes is 1. The van der Waals surface area contributed by atoms with Crippen molar-refractivity contribution in [3.8, 4) is 23.8 Å². The summed E-state index contributed by atoms with van der Waals surface area (Å²) < 4.78 is 78.5. The lowest BCUT2D eigenvalue weighted by molar-refractivity contribution is 0.0211. The highest BCUT2D eigenvalue weighted by molar-refractivity contribution is 6.17. The maximum Gasteiger partial charge on any atom is 0.190 e. The van der Waals surface area contributed by atoms with Gasteiger partial charge in [-0.2, -0.15) is 0 Å². The fraction of sp³-hybridized carbons (Fsp3) is 0.440. The van der Waals surface area contributed by atoms with Crippen molar-refractivity contribution in [3.63, 3.8) is 0 Å². The number of benzene rings is 2. The minimum atomic E-state index is -1.24. The van der Waals surface area contributed by atoms with Crippen LogP contribution in [-0.4, -0.2) is 61.5 Å². The van der Waals surface area contributed by atoms with E-state index < -0.39 is 65.6 Å². The smallest absolute Gasteiger partial charge is 0.190 e. The Labute approximate surface area is 211 Å². The average molecular weight is 535 g/mol. The Morgan fingerprint density at radius 2 is 1.19 bits per heavy atom. The van der Waals surface area contributed by atoms with Gasteiger partial charge in [0.15, 0.2) is 34.8 Å². The molecule has 2 rings (SSSR count). The molecule has 0 saturated carbocycles. The average Bonchev–Trinajstić information content (AvgIpc) is 2.81. The van der Waals surface area contributed by atoms with E-state index in [-0.39, 0.29) is 37.0 Å². The molecule has 0 bridgehead atoms. The molecule has 36 heavy (non-hydrogen) atoms. The third-order valence-corrected chi connectivity index (χ3v) is 5.32. The van der Waals surface area contributed by atoms with Crippen LogP contribution in [0.1, 0.15) is 25.0 Å². The van der Waals surface area contributed by atoms with Gasteiger partial charge in [-0.15, -0.1) is 6.42 Å². The summed E-state index contributed by atoms with van der Waals surface area (Å²) in [5, 5.41) is 19.4. The van der Waals surface area contributed by atoms with Gasteiger partial charge in [-0.3, -0.25) is 0 Å². The topological polar surface area (TPSA) is 77.4 Å². The maximum absolute atomic E-state index is 14.7. The van der Waals surface area contributed by atoms with Crippen LogP contribution in [0, 0.1) is 35.6 Å². The van der Waals surface area contributed by atoms with Gasteiger partial charge in [-0.1, -0.05) is 31.4 Å². The largest absolute Gasteiger partial charge is 0.485 e. The Morgan fingerprint density at radius 1 is 0.806 bits per heavy atom. The zero-order chi connectivity index (χ0) is 26.9. The van der Waals surface area contributed by atoms with Gasteiger partial charge in [0, 0.05) is 5.41 Å². The molecule has 0 spiro atoms. The third-order valence-electron chi connectivity index (χ3n) is 5.16. The molecule has 0 amide bonds. The first-order valence-electron chi connectivity index (χ1n) is 10.8. The zero-order valence-corrected chi connectivity index (χ0v) is 20.5. The van der Waals surface area contributed by atoms with Crippen molar-refractivity contribution in [2.75, 3.05) is 39.1 Å². The molecule has 0 unspecified atom stereocenters. The van der Waals surface area contributed by atoms with Crippen LogP contribution in [0.4, 0.5) is 17.6 Å². The minimum Gasteiger partial charge on any atom is -0.485 e. The van der Waals surface area contributed by atoms with E-state index in [0.29, 0.717) is 0 Å². The third kappa shape index (κ3) is 7.98. The molecule has 0 fully saturated rings. The molecular formula is C25H27ClF4O6.